The molecular formula is C5H12NO. The van der Waals surface area contributed by atoms with E-state index in [4.69, 9.17) is 10.5 Å². The molecule has 2 N–H and O–H groups in total. The molecule has 0 saturated carbocycles. The molecule has 0 fully saturated rings. The molecule has 0 aromatic heterocycles. The number of hydrogen-bond donors (Lipinski definition) is 1. The van der Waals surface area contributed by atoms with Gasteiger partial charge in [-0.25, -0.2) is 0 Å². The van der Waals surface area contributed by atoms with E-state index in [-0.39, 0.29) is 0 Å². The normalized spacial score (nSPS) is 9.43. The summed E-state index contributed by atoms with van der Waals surface area (Å²) in [6, 6.07) is 0. The summed E-state index contributed by atoms with van der Waals surface area (Å²) in [5.74, 6) is 0. The highest BCUT2D eigenvalue weighted by atomic mass is 16.5. The first-order valence-corrected chi connectivity index (χ1v) is 2.51. The largest absolute Gasteiger partial charge is 0.381 e. The van der Waals surface area contributed by atoms with Gasteiger partial charge in [0.25, 0.3) is 0 Å². The minimum absolute atomic E-state index is 0.611. The van der Waals surface area contributed by atoms with E-state index in [1.54, 1.807) is 0 Å². The van der Waals surface area contributed by atoms with Gasteiger partial charge < -0.3 is 10.5 Å². The first-order chi connectivity index (χ1) is 3.41. The molecule has 0 bridgehead atoms. The van der Waals surface area contributed by atoms with E-state index >= 15 is 0 Å². The molecule has 0 heterocycles. The molecule has 0 aliphatic heterocycles. The maximum atomic E-state index is 5.13. The van der Waals surface area contributed by atoms with Crippen LogP contribution in [0.1, 0.15) is 6.92 Å². The van der Waals surface area contributed by atoms with Gasteiger partial charge in [0.2, 0.25) is 0 Å². The number of rotatable bonds is 4. The van der Waals surface area contributed by atoms with Gasteiger partial charge in [0.15, 0.2) is 0 Å². The van der Waals surface area contributed by atoms with Crippen LogP contribution in [0.4, 0.5) is 0 Å². The Hall–Kier alpha value is -0.0800. The van der Waals surface area contributed by atoms with Crippen LogP contribution < -0.4 is 5.73 Å². The summed E-state index contributed by atoms with van der Waals surface area (Å²) in [6.07, 6.45) is 1.89. The van der Waals surface area contributed by atoms with E-state index in [2.05, 4.69) is 0 Å². The predicted octanol–water partition coefficient (Wildman–Crippen LogP) is 0.186. The molecule has 0 unspecified atom stereocenters. The third-order valence-electron chi connectivity index (χ3n) is 0.606. The average Bonchev–Trinajstić information content (AvgIpc) is 1.69. The second kappa shape index (κ2) is 5.92. The van der Waals surface area contributed by atoms with Crippen LogP contribution in [0.15, 0.2) is 0 Å². The third kappa shape index (κ3) is 5.92. The van der Waals surface area contributed by atoms with Crippen LogP contribution in [0.5, 0.6) is 0 Å². The molecule has 0 aliphatic rings. The van der Waals surface area contributed by atoms with E-state index in [0.29, 0.717) is 13.2 Å². The lowest BCUT2D eigenvalue weighted by atomic mass is 10.5. The minimum Gasteiger partial charge on any atom is -0.381 e. The summed E-state index contributed by atoms with van der Waals surface area (Å²) in [5, 5.41) is 0. The lowest BCUT2D eigenvalue weighted by molar-refractivity contribution is 0.168. The summed E-state index contributed by atoms with van der Waals surface area (Å²) >= 11 is 0. The van der Waals surface area contributed by atoms with E-state index in [9.17, 15) is 0 Å². The summed E-state index contributed by atoms with van der Waals surface area (Å²) in [6.45, 7) is 4.04. The van der Waals surface area contributed by atoms with E-state index < -0.39 is 0 Å². The molecule has 0 saturated heterocycles. The fourth-order valence-electron chi connectivity index (χ4n) is 0.269. The van der Waals surface area contributed by atoms with Crippen molar-refractivity contribution >= 4 is 0 Å². The van der Waals surface area contributed by atoms with Gasteiger partial charge >= 0.3 is 0 Å². The van der Waals surface area contributed by atoms with Crippen molar-refractivity contribution in [2.24, 2.45) is 5.73 Å². The molecule has 7 heavy (non-hydrogen) atoms. The fourth-order valence-corrected chi connectivity index (χ4v) is 0.269. The Labute approximate surface area is 44.7 Å². The topological polar surface area (TPSA) is 35.2 Å². The Morgan fingerprint density at radius 2 is 2.43 bits per heavy atom. The highest BCUT2D eigenvalue weighted by molar-refractivity contribution is 4.61. The zero-order valence-electron chi connectivity index (χ0n) is 4.68. The van der Waals surface area contributed by atoms with E-state index in [1.165, 1.54) is 0 Å². The van der Waals surface area contributed by atoms with Crippen molar-refractivity contribution in [3.8, 4) is 0 Å². The Balaban J connectivity index is 2.45. The van der Waals surface area contributed by atoms with Gasteiger partial charge in [-0.2, -0.15) is 0 Å². The molecule has 2 heteroatoms. The number of hydrogen-bond acceptors (Lipinski definition) is 2. The van der Waals surface area contributed by atoms with E-state index in [1.807, 2.05) is 13.3 Å². The van der Waals surface area contributed by atoms with Crippen molar-refractivity contribution in [2.45, 2.75) is 6.92 Å². The van der Waals surface area contributed by atoms with Crippen molar-refractivity contribution in [2.75, 3.05) is 19.8 Å². The zero-order valence-corrected chi connectivity index (χ0v) is 4.68. The lowest BCUT2D eigenvalue weighted by Crippen LogP contribution is -2.04. The van der Waals surface area contributed by atoms with Crippen molar-refractivity contribution in [1.29, 1.82) is 0 Å². The first-order valence-electron chi connectivity index (χ1n) is 2.51. The number of ether oxygens (including phenoxy) is 1. The fraction of sp³-hybridized carbons (Fsp3) is 0.800. The molecule has 1 radical (unpaired) electrons. The van der Waals surface area contributed by atoms with Crippen LogP contribution in [-0.4, -0.2) is 19.8 Å². The lowest BCUT2D eigenvalue weighted by Gasteiger charge is -1.94. The van der Waals surface area contributed by atoms with Gasteiger partial charge in [0.05, 0.1) is 6.61 Å². The molecule has 0 spiro atoms. The van der Waals surface area contributed by atoms with Crippen LogP contribution in [0.2, 0.25) is 0 Å². The molecule has 0 aliphatic carbocycles. The highest BCUT2D eigenvalue weighted by Crippen LogP contribution is 1.74. The van der Waals surface area contributed by atoms with Crippen molar-refractivity contribution in [3.63, 3.8) is 0 Å². The molecule has 43 valence electrons. The summed E-state index contributed by atoms with van der Waals surface area (Å²) in [7, 11) is 0. The molecule has 0 aromatic rings. The van der Waals surface area contributed by atoms with E-state index in [0.717, 1.165) is 6.61 Å². The van der Waals surface area contributed by atoms with Crippen molar-refractivity contribution < 1.29 is 4.74 Å². The van der Waals surface area contributed by atoms with Gasteiger partial charge in [-0.1, -0.05) is 0 Å². The van der Waals surface area contributed by atoms with Crippen LogP contribution in [0, 0.1) is 6.42 Å². The van der Waals surface area contributed by atoms with Crippen LogP contribution >= 0.6 is 0 Å². The van der Waals surface area contributed by atoms with Gasteiger partial charge in [0.1, 0.15) is 0 Å². The maximum Gasteiger partial charge on any atom is 0.0510 e. The third-order valence-corrected chi connectivity index (χ3v) is 0.606. The van der Waals surface area contributed by atoms with Gasteiger partial charge in [-0.05, 0) is 13.5 Å². The molecular weight excluding hydrogens is 90.1 g/mol. The second-order valence-electron chi connectivity index (χ2n) is 1.18. The molecule has 0 amide bonds. The summed E-state index contributed by atoms with van der Waals surface area (Å²) in [5.41, 5.74) is 5.13. The number of nitrogens with two attached hydrogens (primary N) is 1. The molecule has 0 atom stereocenters. The Morgan fingerprint density at radius 3 is 2.86 bits per heavy atom. The monoisotopic (exact) mass is 102 g/mol. The molecule has 0 aromatic carbocycles. The summed E-state index contributed by atoms with van der Waals surface area (Å²) < 4.78 is 4.94. The standard InChI is InChI=1S/C5H12NO/c1-2-7-5-3-4-6/h3H,2,4-6H2,1H3. The minimum atomic E-state index is 0.611. The SMILES string of the molecule is CCOC[CH]CN. The average molecular weight is 102 g/mol. The smallest absolute Gasteiger partial charge is 0.0510 e. The Morgan fingerprint density at radius 1 is 1.71 bits per heavy atom. The molecule has 0 rings (SSSR count). The van der Waals surface area contributed by atoms with Gasteiger partial charge in [-0.15, -0.1) is 0 Å². The van der Waals surface area contributed by atoms with Crippen LogP contribution in [0.25, 0.3) is 0 Å². The Bertz CT molecular complexity index is 27.3. The van der Waals surface area contributed by atoms with Crippen LogP contribution in [-0.2, 0) is 4.74 Å². The molecule has 2 nitrogen and oxygen atoms in total. The second-order valence-corrected chi connectivity index (χ2v) is 1.18. The highest BCUT2D eigenvalue weighted by Gasteiger charge is 1.79. The predicted molar refractivity (Wildman–Crippen MR) is 29.8 cm³/mol. The van der Waals surface area contributed by atoms with Crippen LogP contribution in [0.3, 0.4) is 0 Å². The first kappa shape index (κ1) is 6.92. The van der Waals surface area contributed by atoms with Gasteiger partial charge in [-0.3, -0.25) is 0 Å². The van der Waals surface area contributed by atoms with Gasteiger partial charge in [0, 0.05) is 13.0 Å². The zero-order chi connectivity index (χ0) is 5.54. The Kier molecular flexibility index (Phi) is 5.85. The maximum absolute atomic E-state index is 5.13. The van der Waals surface area contributed by atoms with Crippen molar-refractivity contribution in [1.82, 2.24) is 0 Å². The summed E-state index contributed by atoms with van der Waals surface area (Å²) in [4.78, 5) is 0. The van der Waals surface area contributed by atoms with Crippen molar-refractivity contribution in [3.05, 3.63) is 6.42 Å². The quantitative estimate of drug-likeness (QED) is 0.514.